The summed E-state index contributed by atoms with van der Waals surface area (Å²) in [6.07, 6.45) is -1.29. The van der Waals surface area contributed by atoms with E-state index in [0.29, 0.717) is 30.1 Å². The van der Waals surface area contributed by atoms with E-state index in [1.807, 2.05) is 27.7 Å². The molecular weight excluding hydrogens is 481 g/mol. The van der Waals surface area contributed by atoms with Crippen LogP contribution in [0.4, 0.5) is 22.8 Å². The van der Waals surface area contributed by atoms with Crippen molar-refractivity contribution in [1.29, 1.82) is 0 Å². The molecule has 3 heterocycles. The SMILES string of the molecule is Cc1cn(-c2ccc(C(F)(F)F)cc2)/c(=N/C(=O)N2CC3CCCN(C(=O)OC(C)(C)C)C3C2)s1. The summed E-state index contributed by atoms with van der Waals surface area (Å²) >= 11 is 1.29. The number of carbonyl (C=O) groups excluding carboxylic acids is 2. The number of benzene rings is 1. The fraction of sp³-hybridized carbons (Fsp3) is 0.542. The summed E-state index contributed by atoms with van der Waals surface area (Å²) in [5, 5.41) is 0. The molecule has 2 aliphatic rings. The van der Waals surface area contributed by atoms with Gasteiger partial charge in [-0.15, -0.1) is 11.3 Å². The average Bonchev–Trinajstić information content (AvgIpc) is 3.35. The molecule has 2 saturated heterocycles. The minimum absolute atomic E-state index is 0.121. The number of urea groups is 1. The highest BCUT2D eigenvalue weighted by atomic mass is 32.1. The molecule has 2 atom stereocenters. The van der Waals surface area contributed by atoms with Gasteiger partial charge in [0.05, 0.1) is 11.6 Å². The summed E-state index contributed by atoms with van der Waals surface area (Å²) in [4.78, 5) is 34.8. The van der Waals surface area contributed by atoms with Crippen LogP contribution in [0.5, 0.6) is 0 Å². The van der Waals surface area contributed by atoms with Crippen LogP contribution >= 0.6 is 11.3 Å². The van der Waals surface area contributed by atoms with E-state index in [1.165, 1.54) is 23.5 Å². The van der Waals surface area contributed by atoms with Gasteiger partial charge in [-0.1, -0.05) is 0 Å². The number of alkyl halides is 3. The summed E-state index contributed by atoms with van der Waals surface area (Å²) in [6, 6.07) is 4.20. The molecule has 11 heteroatoms. The first kappa shape index (κ1) is 25.3. The van der Waals surface area contributed by atoms with Gasteiger partial charge in [0, 0.05) is 36.4 Å². The Morgan fingerprint density at radius 3 is 2.43 bits per heavy atom. The Kier molecular flexibility index (Phi) is 6.74. The standard InChI is InChI=1S/C24H29F3N4O3S/c1-15-12-31(18-9-7-17(8-10-18)24(25,26)27)21(35-15)28-20(32)29-13-16-6-5-11-30(19(16)14-29)22(33)34-23(2,3)4/h7-10,12,16,19H,5-6,11,13-14H2,1-4H3/b28-21-. The van der Waals surface area contributed by atoms with Gasteiger partial charge in [-0.25, -0.2) is 9.59 Å². The zero-order chi connectivity index (χ0) is 25.5. The third-order valence-corrected chi connectivity index (χ3v) is 7.01. The molecule has 1 aromatic carbocycles. The maximum atomic E-state index is 13.1. The van der Waals surface area contributed by atoms with Crippen LogP contribution in [-0.2, 0) is 10.9 Å². The maximum Gasteiger partial charge on any atom is 0.416 e. The summed E-state index contributed by atoms with van der Waals surface area (Å²) < 4.78 is 46.0. The van der Waals surface area contributed by atoms with Crippen LogP contribution in [0.25, 0.3) is 5.69 Å². The number of fused-ring (bicyclic) bond motifs is 1. The molecule has 0 spiro atoms. The first-order valence-corrected chi connectivity index (χ1v) is 12.3. The minimum Gasteiger partial charge on any atom is -0.444 e. The number of piperidine rings is 1. The molecule has 0 bridgehead atoms. The Bertz CT molecular complexity index is 1160. The lowest BCUT2D eigenvalue weighted by atomic mass is 9.92. The summed E-state index contributed by atoms with van der Waals surface area (Å²) in [7, 11) is 0. The Morgan fingerprint density at radius 2 is 1.80 bits per heavy atom. The number of rotatable bonds is 1. The monoisotopic (exact) mass is 510 g/mol. The van der Waals surface area contributed by atoms with Gasteiger partial charge in [0.25, 0.3) is 0 Å². The maximum absolute atomic E-state index is 13.1. The molecule has 2 unspecified atom stereocenters. The number of hydrogen-bond donors (Lipinski definition) is 0. The highest BCUT2D eigenvalue weighted by Gasteiger charge is 2.43. The van der Waals surface area contributed by atoms with E-state index in [1.54, 1.807) is 20.6 Å². The molecule has 3 amide bonds. The second kappa shape index (κ2) is 9.33. The largest absolute Gasteiger partial charge is 0.444 e. The van der Waals surface area contributed by atoms with Crippen LogP contribution < -0.4 is 4.80 Å². The number of amides is 3. The lowest BCUT2D eigenvalue weighted by Crippen LogP contribution is -2.50. The molecule has 2 aliphatic heterocycles. The van der Waals surface area contributed by atoms with E-state index in [9.17, 15) is 22.8 Å². The van der Waals surface area contributed by atoms with E-state index in [4.69, 9.17) is 4.74 Å². The van der Waals surface area contributed by atoms with Gasteiger partial charge >= 0.3 is 18.3 Å². The van der Waals surface area contributed by atoms with Crippen molar-refractivity contribution in [3.63, 3.8) is 0 Å². The first-order valence-electron chi connectivity index (χ1n) is 11.5. The molecule has 190 valence electrons. The molecule has 4 rings (SSSR count). The van der Waals surface area contributed by atoms with Crippen molar-refractivity contribution in [3.8, 4) is 5.69 Å². The van der Waals surface area contributed by atoms with Gasteiger partial charge < -0.3 is 14.5 Å². The smallest absolute Gasteiger partial charge is 0.416 e. The summed E-state index contributed by atoms with van der Waals surface area (Å²) in [6.45, 7) is 8.78. The van der Waals surface area contributed by atoms with E-state index < -0.39 is 23.4 Å². The number of halogens is 3. The van der Waals surface area contributed by atoms with Crippen molar-refractivity contribution in [2.45, 2.75) is 58.4 Å². The van der Waals surface area contributed by atoms with Crippen LogP contribution in [0, 0.1) is 12.8 Å². The number of thiazole rings is 1. The molecule has 1 aromatic heterocycles. The number of aryl methyl sites for hydroxylation is 1. The lowest BCUT2D eigenvalue weighted by Gasteiger charge is -2.37. The molecule has 35 heavy (non-hydrogen) atoms. The molecule has 0 saturated carbocycles. The molecule has 2 fully saturated rings. The molecule has 0 radical (unpaired) electrons. The Hall–Kier alpha value is -2.82. The fourth-order valence-corrected chi connectivity index (χ4v) is 5.39. The van der Waals surface area contributed by atoms with E-state index >= 15 is 0 Å². The van der Waals surface area contributed by atoms with Crippen molar-refractivity contribution in [1.82, 2.24) is 14.4 Å². The quantitative estimate of drug-likeness (QED) is 0.529. The summed E-state index contributed by atoms with van der Waals surface area (Å²) in [5.41, 5.74) is -0.853. The molecule has 0 aliphatic carbocycles. The summed E-state index contributed by atoms with van der Waals surface area (Å²) in [5.74, 6) is 0.155. The van der Waals surface area contributed by atoms with Crippen molar-refractivity contribution < 1.29 is 27.5 Å². The fourth-order valence-electron chi connectivity index (χ4n) is 4.57. The zero-order valence-corrected chi connectivity index (χ0v) is 20.9. The average molecular weight is 511 g/mol. The Morgan fingerprint density at radius 1 is 1.11 bits per heavy atom. The number of aromatic nitrogens is 1. The number of ether oxygens (including phenoxy) is 1. The molecule has 7 nitrogen and oxygen atoms in total. The third-order valence-electron chi connectivity index (χ3n) is 6.11. The molecule has 0 N–H and O–H groups in total. The van der Waals surface area contributed by atoms with Crippen LogP contribution in [0.15, 0.2) is 35.5 Å². The van der Waals surface area contributed by atoms with Crippen molar-refractivity contribution in [2.75, 3.05) is 19.6 Å². The Balaban J connectivity index is 1.54. The van der Waals surface area contributed by atoms with Crippen molar-refractivity contribution >= 4 is 23.5 Å². The van der Waals surface area contributed by atoms with E-state index in [0.717, 1.165) is 29.9 Å². The highest BCUT2D eigenvalue weighted by Crippen LogP contribution is 2.32. The van der Waals surface area contributed by atoms with Crippen LogP contribution in [0.1, 0.15) is 44.1 Å². The number of nitrogens with zero attached hydrogens (tertiary/aromatic N) is 4. The van der Waals surface area contributed by atoms with E-state index in [2.05, 4.69) is 4.99 Å². The van der Waals surface area contributed by atoms with Gasteiger partial charge in [0.15, 0.2) is 4.80 Å². The second-order valence-electron chi connectivity index (χ2n) is 9.98. The zero-order valence-electron chi connectivity index (χ0n) is 20.1. The van der Waals surface area contributed by atoms with Gasteiger partial charge in [0.1, 0.15) is 5.60 Å². The third kappa shape index (κ3) is 5.71. The van der Waals surface area contributed by atoms with Crippen LogP contribution in [0.2, 0.25) is 0 Å². The normalized spacial score (nSPS) is 21.3. The first-order chi connectivity index (χ1) is 16.3. The molecule has 2 aromatic rings. The predicted molar refractivity (Wildman–Crippen MR) is 125 cm³/mol. The molecular formula is C24H29F3N4O3S. The second-order valence-corrected chi connectivity index (χ2v) is 11.2. The van der Waals surface area contributed by atoms with Crippen molar-refractivity contribution in [3.05, 3.63) is 45.7 Å². The number of hydrogen-bond acceptors (Lipinski definition) is 4. The Labute approximate surface area is 205 Å². The predicted octanol–water partition coefficient (Wildman–Crippen LogP) is 5.22. The van der Waals surface area contributed by atoms with Gasteiger partial charge in [-0.3, -0.25) is 4.57 Å². The van der Waals surface area contributed by atoms with Gasteiger partial charge in [-0.05, 0) is 70.7 Å². The lowest BCUT2D eigenvalue weighted by molar-refractivity contribution is -0.137. The topological polar surface area (TPSA) is 67.1 Å². The van der Waals surface area contributed by atoms with Gasteiger partial charge in [0.2, 0.25) is 0 Å². The van der Waals surface area contributed by atoms with E-state index in [-0.39, 0.29) is 18.1 Å². The van der Waals surface area contributed by atoms with Gasteiger partial charge in [-0.2, -0.15) is 18.2 Å². The van der Waals surface area contributed by atoms with Crippen molar-refractivity contribution in [2.24, 2.45) is 10.9 Å². The van der Waals surface area contributed by atoms with Crippen LogP contribution in [-0.4, -0.2) is 57.8 Å². The van der Waals surface area contributed by atoms with Crippen LogP contribution in [0.3, 0.4) is 0 Å². The minimum atomic E-state index is -4.42. The highest BCUT2D eigenvalue weighted by molar-refractivity contribution is 7.09. The number of carbonyl (C=O) groups is 2. The number of likely N-dealkylation sites (tertiary alicyclic amines) is 2.